The van der Waals surface area contributed by atoms with Crippen molar-refractivity contribution in [3.8, 4) is 6.07 Å². The van der Waals surface area contributed by atoms with E-state index < -0.39 is 0 Å². The summed E-state index contributed by atoms with van der Waals surface area (Å²) in [5, 5.41) is 15.1. The minimum Gasteiger partial charge on any atom is -0.324 e. The van der Waals surface area contributed by atoms with Gasteiger partial charge in [0.15, 0.2) is 0 Å². The van der Waals surface area contributed by atoms with Gasteiger partial charge in [-0.15, -0.1) is 0 Å². The quantitative estimate of drug-likeness (QED) is 0.743. The molecule has 122 valence electrons. The lowest BCUT2D eigenvalue weighted by Gasteiger charge is -2.07. The van der Waals surface area contributed by atoms with Crippen molar-refractivity contribution in [2.75, 3.05) is 10.6 Å². The number of carbonyl (C=O) groups excluding carboxylic acids is 1. The zero-order chi connectivity index (χ0) is 17.6. The third kappa shape index (κ3) is 4.31. The number of nitrogens with one attached hydrogen (secondary N) is 2. The van der Waals surface area contributed by atoms with Crippen molar-refractivity contribution in [3.05, 3.63) is 77.1 Å². The van der Waals surface area contributed by atoms with Crippen LogP contribution in [0.15, 0.2) is 60.9 Å². The molecule has 3 rings (SSSR count). The molecular weight excluding hydrogens is 338 g/mol. The van der Waals surface area contributed by atoms with Gasteiger partial charge in [0, 0.05) is 28.8 Å². The molecule has 2 N–H and O–H groups in total. The van der Waals surface area contributed by atoms with Crippen LogP contribution >= 0.6 is 11.6 Å². The number of carbonyl (C=O) groups is 1. The number of aromatic nitrogens is 2. The summed E-state index contributed by atoms with van der Waals surface area (Å²) < 4.78 is 0. The van der Waals surface area contributed by atoms with Gasteiger partial charge in [-0.25, -0.2) is 9.97 Å². The summed E-state index contributed by atoms with van der Waals surface area (Å²) in [5.74, 6) is -0.00492. The number of anilines is 3. The highest BCUT2D eigenvalue weighted by molar-refractivity contribution is 6.30. The number of nitriles is 1. The Morgan fingerprint density at radius 1 is 1.04 bits per heavy atom. The number of amides is 1. The predicted molar refractivity (Wildman–Crippen MR) is 95.9 cm³/mol. The Hall–Kier alpha value is -3.43. The fourth-order valence-corrected chi connectivity index (χ4v) is 2.27. The van der Waals surface area contributed by atoms with Crippen LogP contribution in [0.3, 0.4) is 0 Å². The van der Waals surface area contributed by atoms with E-state index in [-0.39, 0.29) is 5.91 Å². The zero-order valence-electron chi connectivity index (χ0n) is 12.9. The molecule has 0 atom stereocenters. The lowest BCUT2D eigenvalue weighted by atomic mass is 10.2. The average Bonchev–Trinajstić information content (AvgIpc) is 2.62. The van der Waals surface area contributed by atoms with Gasteiger partial charge in [0.05, 0.1) is 17.2 Å². The van der Waals surface area contributed by atoms with Crippen molar-refractivity contribution in [1.82, 2.24) is 9.97 Å². The highest BCUT2D eigenvalue weighted by Crippen LogP contribution is 2.17. The Morgan fingerprint density at radius 2 is 1.76 bits per heavy atom. The van der Waals surface area contributed by atoms with E-state index in [0.29, 0.717) is 33.5 Å². The van der Waals surface area contributed by atoms with Gasteiger partial charge in [-0.1, -0.05) is 23.7 Å². The highest BCUT2D eigenvalue weighted by Gasteiger charge is 2.08. The molecule has 2 aromatic carbocycles. The first kappa shape index (κ1) is 16.4. The fourth-order valence-electron chi connectivity index (χ4n) is 2.07. The van der Waals surface area contributed by atoms with E-state index in [1.165, 1.54) is 12.4 Å². The van der Waals surface area contributed by atoms with Gasteiger partial charge in [-0.3, -0.25) is 4.79 Å². The maximum absolute atomic E-state index is 12.2. The average molecular weight is 350 g/mol. The van der Waals surface area contributed by atoms with E-state index in [1.807, 2.05) is 0 Å². The Labute approximate surface area is 149 Å². The standard InChI is InChI=1S/C18H12ClN5O/c19-14-4-2-6-16(8-14)23-17(25)13-10-21-18(22-11-13)24-15-5-1-3-12(7-15)9-20/h1-8,10-11H,(H,23,25)(H,21,22,24). The lowest BCUT2D eigenvalue weighted by molar-refractivity contribution is 0.102. The maximum Gasteiger partial charge on any atom is 0.258 e. The maximum atomic E-state index is 12.2. The van der Waals surface area contributed by atoms with E-state index in [0.717, 1.165) is 0 Å². The van der Waals surface area contributed by atoms with Gasteiger partial charge < -0.3 is 10.6 Å². The van der Waals surface area contributed by atoms with Gasteiger partial charge in [0.2, 0.25) is 5.95 Å². The molecule has 0 spiro atoms. The molecule has 0 aliphatic rings. The fraction of sp³-hybridized carbons (Fsp3) is 0. The number of hydrogen-bond acceptors (Lipinski definition) is 5. The van der Waals surface area contributed by atoms with Crippen LogP contribution in [-0.2, 0) is 0 Å². The highest BCUT2D eigenvalue weighted by atomic mass is 35.5. The second-order valence-electron chi connectivity index (χ2n) is 5.08. The second-order valence-corrected chi connectivity index (χ2v) is 5.51. The minimum atomic E-state index is -0.333. The third-order valence-electron chi connectivity index (χ3n) is 3.24. The van der Waals surface area contributed by atoms with E-state index in [2.05, 4.69) is 26.7 Å². The number of halogens is 1. The van der Waals surface area contributed by atoms with Crippen LogP contribution in [0.25, 0.3) is 0 Å². The van der Waals surface area contributed by atoms with Gasteiger partial charge in [-0.2, -0.15) is 5.26 Å². The van der Waals surface area contributed by atoms with Crippen LogP contribution in [-0.4, -0.2) is 15.9 Å². The van der Waals surface area contributed by atoms with Crippen LogP contribution in [0, 0.1) is 11.3 Å². The molecule has 1 heterocycles. The molecule has 0 unspecified atom stereocenters. The summed E-state index contributed by atoms with van der Waals surface area (Å²) in [6, 6.07) is 15.9. The zero-order valence-corrected chi connectivity index (χ0v) is 13.7. The Morgan fingerprint density at radius 3 is 2.48 bits per heavy atom. The normalized spacial score (nSPS) is 9.92. The van der Waals surface area contributed by atoms with Crippen molar-refractivity contribution in [1.29, 1.82) is 5.26 Å². The summed E-state index contributed by atoms with van der Waals surface area (Å²) in [6.45, 7) is 0. The van der Waals surface area contributed by atoms with Crippen molar-refractivity contribution in [2.45, 2.75) is 0 Å². The SMILES string of the molecule is N#Cc1cccc(Nc2ncc(C(=O)Nc3cccc(Cl)c3)cn2)c1. The topological polar surface area (TPSA) is 90.7 Å². The van der Waals surface area contributed by atoms with Crippen LogP contribution in [0.4, 0.5) is 17.3 Å². The minimum absolute atomic E-state index is 0.316. The first-order chi connectivity index (χ1) is 12.1. The smallest absolute Gasteiger partial charge is 0.258 e. The molecular formula is C18H12ClN5O. The van der Waals surface area contributed by atoms with Crippen LogP contribution in [0.2, 0.25) is 5.02 Å². The molecule has 0 saturated carbocycles. The molecule has 0 saturated heterocycles. The molecule has 7 heteroatoms. The molecule has 25 heavy (non-hydrogen) atoms. The van der Waals surface area contributed by atoms with Crippen LogP contribution in [0.1, 0.15) is 15.9 Å². The summed E-state index contributed by atoms with van der Waals surface area (Å²) in [7, 11) is 0. The van der Waals surface area contributed by atoms with E-state index in [4.69, 9.17) is 16.9 Å². The Kier molecular flexibility index (Phi) is 4.88. The Balaban J connectivity index is 1.69. The largest absolute Gasteiger partial charge is 0.324 e. The molecule has 3 aromatic rings. The summed E-state index contributed by atoms with van der Waals surface area (Å²) in [5.41, 5.74) is 2.13. The van der Waals surface area contributed by atoms with Crippen molar-refractivity contribution in [3.63, 3.8) is 0 Å². The van der Waals surface area contributed by atoms with Crippen molar-refractivity contribution < 1.29 is 4.79 Å². The van der Waals surface area contributed by atoms with Gasteiger partial charge in [-0.05, 0) is 36.4 Å². The number of benzene rings is 2. The second kappa shape index (κ2) is 7.43. The van der Waals surface area contributed by atoms with E-state index in [1.54, 1.807) is 48.5 Å². The number of hydrogen-bond donors (Lipinski definition) is 2. The third-order valence-corrected chi connectivity index (χ3v) is 3.48. The molecule has 0 aliphatic carbocycles. The van der Waals surface area contributed by atoms with Gasteiger partial charge in [0.25, 0.3) is 5.91 Å². The van der Waals surface area contributed by atoms with Gasteiger partial charge in [0.1, 0.15) is 0 Å². The van der Waals surface area contributed by atoms with Crippen molar-refractivity contribution >= 4 is 34.8 Å². The first-order valence-electron chi connectivity index (χ1n) is 7.30. The molecule has 0 bridgehead atoms. The van der Waals surface area contributed by atoms with E-state index in [9.17, 15) is 4.79 Å². The lowest BCUT2D eigenvalue weighted by Crippen LogP contribution is -2.13. The van der Waals surface area contributed by atoms with Crippen LogP contribution in [0.5, 0.6) is 0 Å². The molecule has 0 fully saturated rings. The van der Waals surface area contributed by atoms with E-state index >= 15 is 0 Å². The van der Waals surface area contributed by atoms with Crippen LogP contribution < -0.4 is 10.6 Å². The molecule has 0 radical (unpaired) electrons. The predicted octanol–water partition coefficient (Wildman–Crippen LogP) is 4.00. The molecule has 1 amide bonds. The molecule has 1 aromatic heterocycles. The van der Waals surface area contributed by atoms with Gasteiger partial charge >= 0.3 is 0 Å². The molecule has 6 nitrogen and oxygen atoms in total. The summed E-state index contributed by atoms with van der Waals surface area (Å²) in [4.78, 5) is 20.4. The summed E-state index contributed by atoms with van der Waals surface area (Å²) >= 11 is 5.89. The Bertz CT molecular complexity index is 950. The van der Waals surface area contributed by atoms with Crippen molar-refractivity contribution in [2.24, 2.45) is 0 Å². The monoisotopic (exact) mass is 349 g/mol. The first-order valence-corrected chi connectivity index (χ1v) is 7.68. The summed E-state index contributed by atoms with van der Waals surface area (Å²) in [6.07, 6.45) is 2.84. The number of rotatable bonds is 4. The molecule has 0 aliphatic heterocycles. The number of nitrogens with zero attached hydrogens (tertiary/aromatic N) is 3.